The number of ether oxygens (including phenoxy) is 2. The third kappa shape index (κ3) is 7.74. The normalized spacial score (nSPS) is 22.4. The number of hydrogen-bond acceptors (Lipinski definition) is 5. The van der Waals surface area contributed by atoms with Crippen LogP contribution >= 0.6 is 15.9 Å². The van der Waals surface area contributed by atoms with Crippen LogP contribution < -0.4 is 9.64 Å². The van der Waals surface area contributed by atoms with Gasteiger partial charge in [-0.15, -0.1) is 0 Å². The molecule has 13 heteroatoms. The predicted octanol–water partition coefficient (Wildman–Crippen LogP) is 9.76. The quantitative estimate of drug-likeness (QED) is 0.126. The number of hydrogen-bond donors (Lipinski definition) is 1. The van der Waals surface area contributed by atoms with E-state index >= 15 is 0 Å². The molecule has 3 aliphatic rings. The molecule has 0 radical (unpaired) electrons. The summed E-state index contributed by atoms with van der Waals surface area (Å²) in [6.45, 7) is 2.13. The summed E-state index contributed by atoms with van der Waals surface area (Å²) in [5, 5.41) is 10.4. The van der Waals surface area contributed by atoms with Crippen LogP contribution in [0.4, 0.5) is 32.0 Å². The largest absolute Gasteiger partial charge is 0.507 e. The lowest BCUT2D eigenvalue weighted by molar-refractivity contribution is -0.143. The maximum absolute atomic E-state index is 14.0. The summed E-state index contributed by atoms with van der Waals surface area (Å²) in [6, 6.07) is 14.9. The summed E-state index contributed by atoms with van der Waals surface area (Å²) in [6.07, 6.45) is -6.18. The molecule has 0 saturated carbocycles. The predicted molar refractivity (Wildman–Crippen MR) is 181 cm³/mol. The number of imide groups is 1. The monoisotopic (exact) mass is 777 g/mol. The first kappa shape index (κ1) is 36.7. The Morgan fingerprint density at radius 3 is 2.27 bits per heavy atom. The van der Waals surface area contributed by atoms with Crippen molar-refractivity contribution >= 4 is 39.5 Å². The van der Waals surface area contributed by atoms with E-state index in [-0.39, 0.29) is 31.5 Å². The van der Waals surface area contributed by atoms with Gasteiger partial charge in [-0.1, -0.05) is 59.1 Å². The molecule has 0 unspecified atom stereocenters. The molecule has 2 saturated heterocycles. The summed E-state index contributed by atoms with van der Waals surface area (Å²) in [5.41, 5.74) is -0.820. The van der Waals surface area contributed by atoms with Crippen LogP contribution in [-0.2, 0) is 26.7 Å². The molecule has 51 heavy (non-hydrogen) atoms. The molecule has 2 aliphatic heterocycles. The number of alkyl halides is 6. The summed E-state index contributed by atoms with van der Waals surface area (Å²) in [5.74, 6) is -3.73. The van der Waals surface area contributed by atoms with Crippen LogP contribution in [0, 0.1) is 17.8 Å². The van der Waals surface area contributed by atoms with Crippen LogP contribution in [0.1, 0.15) is 55.7 Å². The van der Waals surface area contributed by atoms with Crippen LogP contribution in [-0.4, -0.2) is 36.2 Å². The second-order valence-electron chi connectivity index (χ2n) is 13.0. The smallest absolute Gasteiger partial charge is 0.416 e. The molecule has 2 amide bonds. The summed E-state index contributed by atoms with van der Waals surface area (Å²) < 4.78 is 95.6. The average Bonchev–Trinajstić information content (AvgIpc) is 3.61. The molecule has 2 fully saturated rings. The Morgan fingerprint density at radius 1 is 0.941 bits per heavy atom. The Hall–Kier alpha value is -4.10. The van der Waals surface area contributed by atoms with E-state index < -0.39 is 64.8 Å². The van der Waals surface area contributed by atoms with Crippen molar-refractivity contribution in [2.45, 2.75) is 57.5 Å². The Labute approximate surface area is 298 Å². The van der Waals surface area contributed by atoms with Crippen LogP contribution in [0.25, 0.3) is 6.08 Å². The number of halogens is 7. The van der Waals surface area contributed by atoms with Crippen molar-refractivity contribution in [2.24, 2.45) is 17.8 Å². The van der Waals surface area contributed by atoms with Gasteiger partial charge in [0.1, 0.15) is 18.1 Å². The topological polar surface area (TPSA) is 76.1 Å². The number of para-hydroxylation sites is 1. The Kier molecular flexibility index (Phi) is 10.4. The van der Waals surface area contributed by atoms with Gasteiger partial charge in [0, 0.05) is 16.0 Å². The van der Waals surface area contributed by atoms with E-state index in [1.807, 2.05) is 25.1 Å². The van der Waals surface area contributed by atoms with E-state index in [9.17, 15) is 41.0 Å². The minimum Gasteiger partial charge on any atom is -0.507 e. The fourth-order valence-corrected chi connectivity index (χ4v) is 7.76. The number of rotatable bonds is 10. The zero-order chi connectivity index (χ0) is 36.7. The summed E-state index contributed by atoms with van der Waals surface area (Å²) >= 11 is 3.44. The highest BCUT2D eigenvalue weighted by atomic mass is 79.9. The average molecular weight is 779 g/mol. The number of carbonyl (C=O) groups is 2. The maximum Gasteiger partial charge on any atom is 0.416 e. The molecule has 3 aromatic carbocycles. The van der Waals surface area contributed by atoms with E-state index in [0.29, 0.717) is 46.8 Å². The summed E-state index contributed by atoms with van der Waals surface area (Å²) in [7, 11) is 0. The van der Waals surface area contributed by atoms with Crippen LogP contribution in [0.2, 0.25) is 0 Å². The molecule has 1 aliphatic carbocycles. The van der Waals surface area contributed by atoms with Crippen LogP contribution in [0.3, 0.4) is 0 Å². The standard InChI is InChI=1S/C38H34BrF6NO5/c1-2-6-21(13-22-14-26(39)10-11-31(22)47)9-12-32-33-23(19-50-28-7-4-3-5-8-28)15-29-34(30(33)20-51-32)36(49)46(35(29)48)27-17-24(37(40,41)42)16-25(18-27)38(43,44)45/h3-5,7-8,10-11,13-14,16-18,29-30,32,34,47H,2,6,9,12,15,19-20H2,1H3/b21-13+/t29-,30+,32-,34-/m1/s1. The minimum absolute atomic E-state index is 0.0267. The summed E-state index contributed by atoms with van der Waals surface area (Å²) in [4.78, 5) is 28.4. The van der Waals surface area contributed by atoms with E-state index in [2.05, 4.69) is 15.9 Å². The molecule has 0 aromatic heterocycles. The van der Waals surface area contributed by atoms with Crippen LogP contribution in [0.5, 0.6) is 11.5 Å². The molecule has 0 spiro atoms. The minimum atomic E-state index is -5.15. The SMILES string of the molecule is CCC/C(=C\c1cc(Br)ccc1O)CC[C@H]1OC[C@H]2C1=C(COc1ccccc1)C[C@H]1C(=O)N(c3cc(C(F)(F)F)cc(C(F)(F)F)c3)C(=O)[C@H]12. The van der Waals surface area contributed by atoms with E-state index in [1.165, 1.54) is 0 Å². The highest BCUT2D eigenvalue weighted by Crippen LogP contribution is 2.51. The lowest BCUT2D eigenvalue weighted by Crippen LogP contribution is -2.35. The van der Waals surface area contributed by atoms with Crippen molar-refractivity contribution in [3.05, 3.63) is 105 Å². The fourth-order valence-electron chi connectivity index (χ4n) is 7.38. The number of benzene rings is 3. The van der Waals surface area contributed by atoms with Crippen LogP contribution in [0.15, 0.2) is 87.9 Å². The lowest BCUT2D eigenvalue weighted by atomic mass is 9.69. The van der Waals surface area contributed by atoms with Gasteiger partial charge in [-0.25, -0.2) is 4.90 Å². The number of nitrogens with zero attached hydrogens (tertiary/aromatic N) is 1. The highest BCUT2D eigenvalue weighted by Gasteiger charge is 2.58. The molecule has 4 atom stereocenters. The second kappa shape index (κ2) is 14.5. The molecule has 1 N–H and O–H groups in total. The Morgan fingerprint density at radius 2 is 1.63 bits per heavy atom. The molecule has 0 bridgehead atoms. The van der Waals surface area contributed by atoms with Gasteiger partial charge >= 0.3 is 12.4 Å². The van der Waals surface area contributed by atoms with Gasteiger partial charge in [0.05, 0.1) is 41.4 Å². The van der Waals surface area contributed by atoms with Gasteiger partial charge in [-0.2, -0.15) is 26.3 Å². The number of phenolic OH excluding ortho intramolecular Hbond substituents is 1. The van der Waals surface area contributed by atoms with Crippen molar-refractivity contribution < 1.29 is 50.5 Å². The number of anilines is 1. The molecular weight excluding hydrogens is 744 g/mol. The fraction of sp³-hybridized carbons (Fsp3) is 0.368. The third-order valence-corrected chi connectivity index (χ3v) is 10.1. The number of allylic oxidation sites excluding steroid dienone is 1. The second-order valence-corrected chi connectivity index (χ2v) is 13.9. The zero-order valence-corrected chi connectivity index (χ0v) is 28.9. The maximum atomic E-state index is 14.0. The number of amides is 2. The van der Waals surface area contributed by atoms with Gasteiger partial charge in [0.15, 0.2) is 0 Å². The first-order valence-electron chi connectivity index (χ1n) is 16.5. The van der Waals surface area contributed by atoms with Crippen molar-refractivity contribution in [3.63, 3.8) is 0 Å². The van der Waals surface area contributed by atoms with Crippen molar-refractivity contribution in [3.8, 4) is 11.5 Å². The molecule has 3 aromatic rings. The lowest BCUT2D eigenvalue weighted by Gasteiger charge is -2.31. The first-order valence-corrected chi connectivity index (χ1v) is 17.3. The number of carbonyl (C=O) groups excluding carboxylic acids is 2. The molecule has 6 rings (SSSR count). The molecule has 270 valence electrons. The van der Waals surface area contributed by atoms with E-state index in [1.54, 1.807) is 36.4 Å². The number of aromatic hydroxyl groups is 1. The molecule has 2 heterocycles. The van der Waals surface area contributed by atoms with E-state index in [0.717, 1.165) is 28.5 Å². The zero-order valence-electron chi connectivity index (χ0n) is 27.4. The Bertz CT molecular complexity index is 1840. The molecule has 6 nitrogen and oxygen atoms in total. The Balaban J connectivity index is 1.33. The highest BCUT2D eigenvalue weighted by molar-refractivity contribution is 9.10. The third-order valence-electron chi connectivity index (χ3n) is 9.64. The van der Waals surface area contributed by atoms with Gasteiger partial charge in [0.25, 0.3) is 0 Å². The van der Waals surface area contributed by atoms with Gasteiger partial charge in [-0.3, -0.25) is 9.59 Å². The van der Waals surface area contributed by atoms with Gasteiger partial charge in [-0.05, 0) is 85.4 Å². The number of phenols is 1. The van der Waals surface area contributed by atoms with Crippen molar-refractivity contribution in [1.82, 2.24) is 0 Å². The first-order chi connectivity index (χ1) is 24.2. The number of fused-ring (bicyclic) bond motifs is 3. The van der Waals surface area contributed by atoms with Gasteiger partial charge in [0.2, 0.25) is 11.8 Å². The van der Waals surface area contributed by atoms with Crippen molar-refractivity contribution in [2.75, 3.05) is 18.1 Å². The van der Waals surface area contributed by atoms with Gasteiger partial charge < -0.3 is 14.6 Å². The van der Waals surface area contributed by atoms with E-state index in [4.69, 9.17) is 9.47 Å². The van der Waals surface area contributed by atoms with Crippen molar-refractivity contribution in [1.29, 1.82) is 0 Å². The molecular formula is C38H34BrF6NO5.